The highest BCUT2D eigenvalue weighted by atomic mass is 33.1. The van der Waals surface area contributed by atoms with Crippen LogP contribution >= 0.6 is 21.6 Å². The van der Waals surface area contributed by atoms with Gasteiger partial charge in [-0.3, -0.25) is 4.79 Å². The van der Waals surface area contributed by atoms with Crippen LogP contribution in [0.3, 0.4) is 0 Å². The van der Waals surface area contributed by atoms with Gasteiger partial charge in [-0.25, -0.2) is 0 Å². The van der Waals surface area contributed by atoms with Gasteiger partial charge >= 0.3 is 0 Å². The molecule has 0 unspecified atom stereocenters. The molecule has 4 nitrogen and oxygen atoms in total. The molecule has 111 valence electrons. The Hall–Kier alpha value is -0.625. The van der Waals surface area contributed by atoms with Crippen LogP contribution in [-0.4, -0.2) is 37.4 Å². The van der Waals surface area contributed by atoms with Crippen LogP contribution in [0.15, 0.2) is 35.9 Å². The monoisotopic (exact) mass is 312 g/mol. The fraction of sp³-hybridized carbons (Fsp3) is 0.462. The van der Waals surface area contributed by atoms with Gasteiger partial charge in [0.2, 0.25) is 5.91 Å². The van der Waals surface area contributed by atoms with E-state index in [9.17, 15) is 4.79 Å². The zero-order chi connectivity index (χ0) is 15.2. The van der Waals surface area contributed by atoms with E-state index in [0.717, 1.165) is 11.2 Å². The van der Waals surface area contributed by atoms with Crippen molar-refractivity contribution in [1.29, 1.82) is 0 Å². The first-order valence-electron chi connectivity index (χ1n) is 6.45. The predicted octanol–water partition coefficient (Wildman–Crippen LogP) is 1.43. The number of carbonyl (C=O) groups excluding carboxylic acids is 1. The molecule has 0 bridgehead atoms. The summed E-state index contributed by atoms with van der Waals surface area (Å²) < 4.78 is 0. The third-order valence-corrected chi connectivity index (χ3v) is 4.56. The van der Waals surface area contributed by atoms with E-state index in [2.05, 4.69) is 5.23 Å². The van der Waals surface area contributed by atoms with E-state index in [1.165, 1.54) is 0 Å². The maximum atomic E-state index is 11.8. The number of allylic oxidation sites excluding steroid dienone is 6. The first kappa shape index (κ1) is 19.4. The number of hydrogen-bond acceptors (Lipinski definition) is 5. The highest BCUT2D eigenvalue weighted by Gasteiger charge is 2.13. The van der Waals surface area contributed by atoms with E-state index in [4.69, 9.17) is 11.5 Å². The molecule has 7 heteroatoms. The molecule has 0 aromatic heterocycles. The van der Waals surface area contributed by atoms with E-state index in [0.29, 0.717) is 12.3 Å². The number of amides is 1. The largest absolute Gasteiger partial charge is 0.397 e. The first-order valence-corrected chi connectivity index (χ1v) is 8.93. The van der Waals surface area contributed by atoms with Gasteiger partial charge in [0, 0.05) is 18.1 Å². The third-order valence-electron chi connectivity index (χ3n) is 2.09. The van der Waals surface area contributed by atoms with Gasteiger partial charge < -0.3 is 16.7 Å². The van der Waals surface area contributed by atoms with Gasteiger partial charge in [-0.2, -0.15) is 0 Å². The van der Waals surface area contributed by atoms with Crippen LogP contribution < -0.4 is 16.7 Å². The fourth-order valence-electron chi connectivity index (χ4n) is 1.12. The average Bonchev–Trinajstić information content (AvgIpc) is 2.45. The predicted molar refractivity (Wildman–Crippen MR) is 93.6 cm³/mol. The van der Waals surface area contributed by atoms with E-state index in [1.54, 1.807) is 29.0 Å². The van der Waals surface area contributed by atoms with Crippen LogP contribution in [0.5, 0.6) is 0 Å². The molecule has 1 radical (unpaired) electrons. The van der Waals surface area contributed by atoms with Crippen molar-refractivity contribution in [2.75, 3.05) is 18.1 Å². The summed E-state index contributed by atoms with van der Waals surface area (Å²) in [5, 5.41) is 2.73. The van der Waals surface area contributed by atoms with Crippen molar-refractivity contribution in [3.8, 4) is 0 Å². The summed E-state index contributed by atoms with van der Waals surface area (Å²) in [5.74, 6) is 1.26. The van der Waals surface area contributed by atoms with Crippen LogP contribution in [-0.2, 0) is 4.79 Å². The Kier molecular flexibility index (Phi) is 12.9. The smallest absolute Gasteiger partial charge is 0.284 e. The van der Waals surface area contributed by atoms with Crippen LogP contribution in [0.1, 0.15) is 13.8 Å². The molecule has 0 aliphatic carbocycles. The van der Waals surface area contributed by atoms with Crippen molar-refractivity contribution in [3.05, 3.63) is 35.9 Å². The Morgan fingerprint density at radius 1 is 1.35 bits per heavy atom. The molecule has 0 aromatic rings. The topological polar surface area (TPSA) is 81.1 Å². The lowest BCUT2D eigenvalue weighted by molar-refractivity contribution is -0.120. The van der Waals surface area contributed by atoms with E-state index >= 15 is 0 Å². The lowest BCUT2D eigenvalue weighted by atomic mass is 9.81. The molecule has 0 saturated heterocycles. The van der Waals surface area contributed by atoms with Gasteiger partial charge in [0.15, 0.2) is 0 Å². The van der Waals surface area contributed by atoms with Crippen molar-refractivity contribution in [2.24, 2.45) is 11.5 Å². The molecular weight excluding hydrogens is 289 g/mol. The second-order valence-corrected chi connectivity index (χ2v) is 6.47. The lowest BCUT2D eigenvalue weighted by Crippen LogP contribution is -2.44. The summed E-state index contributed by atoms with van der Waals surface area (Å²) in [4.78, 5) is 11.8. The van der Waals surface area contributed by atoms with Crippen molar-refractivity contribution in [2.45, 2.75) is 19.9 Å². The summed E-state index contributed by atoms with van der Waals surface area (Å²) in [6.07, 6.45) is 9.58. The third kappa shape index (κ3) is 10.2. The summed E-state index contributed by atoms with van der Waals surface area (Å²) >= 11 is 0. The number of nitrogens with two attached hydrogens (primary N) is 2. The molecule has 0 aliphatic heterocycles. The molecule has 0 aliphatic rings. The van der Waals surface area contributed by atoms with Gasteiger partial charge in [-0.15, -0.1) is 0 Å². The van der Waals surface area contributed by atoms with Gasteiger partial charge in [-0.1, -0.05) is 57.4 Å². The molecule has 20 heavy (non-hydrogen) atoms. The highest BCUT2D eigenvalue weighted by molar-refractivity contribution is 8.76. The SMILES string of the molecule is C\C=C/C=C([B]NC(=O)[C@H](N)CSSCCN)\C=C/C. The molecule has 1 atom stereocenters. The van der Waals surface area contributed by atoms with Crippen LogP contribution in [0.4, 0.5) is 0 Å². The summed E-state index contributed by atoms with van der Waals surface area (Å²) in [6, 6.07) is -0.518. The standard InChI is InChI=1S/C13H23BN3OS2/c1-3-5-7-11(6-4-2)14-17-13(18)12(16)10-20-19-9-8-15/h3-7,12H,8-10,15-16H2,1-2H3,(H,17,18)/b5-3-,6-4-,11-7+/t12-/m1/s1. The molecule has 1 amide bonds. The van der Waals surface area contributed by atoms with Gasteiger partial charge in [0.05, 0.1) is 6.04 Å². The molecule has 0 aromatic carbocycles. The van der Waals surface area contributed by atoms with Crippen LogP contribution in [0, 0.1) is 0 Å². The maximum Gasteiger partial charge on any atom is 0.284 e. The van der Waals surface area contributed by atoms with E-state index < -0.39 is 6.04 Å². The Morgan fingerprint density at radius 2 is 2.10 bits per heavy atom. The fourth-order valence-corrected chi connectivity index (χ4v) is 3.10. The molecule has 0 saturated carbocycles. The molecule has 5 N–H and O–H groups in total. The Balaban J connectivity index is 4.11. The molecule has 0 heterocycles. The van der Waals surface area contributed by atoms with Crippen molar-refractivity contribution < 1.29 is 4.79 Å². The zero-order valence-electron chi connectivity index (χ0n) is 12.0. The van der Waals surface area contributed by atoms with Crippen LogP contribution in [0.2, 0.25) is 0 Å². The van der Waals surface area contributed by atoms with Gasteiger partial charge in [0.25, 0.3) is 7.41 Å². The second-order valence-electron chi connectivity index (χ2n) is 3.85. The summed E-state index contributed by atoms with van der Waals surface area (Å²) in [7, 11) is 4.87. The summed E-state index contributed by atoms with van der Waals surface area (Å²) in [5.41, 5.74) is 12.1. The van der Waals surface area contributed by atoms with Crippen LogP contribution in [0.25, 0.3) is 0 Å². The number of carbonyl (C=O) groups is 1. The van der Waals surface area contributed by atoms with Crippen molar-refractivity contribution >= 4 is 34.9 Å². The Bertz CT molecular complexity index is 360. The van der Waals surface area contributed by atoms with E-state index in [-0.39, 0.29) is 5.91 Å². The lowest BCUT2D eigenvalue weighted by Gasteiger charge is -2.11. The number of hydrogen-bond donors (Lipinski definition) is 3. The molecule has 0 spiro atoms. The summed E-state index contributed by atoms with van der Waals surface area (Å²) in [6.45, 7) is 4.50. The van der Waals surface area contributed by atoms with Gasteiger partial charge in [-0.05, 0) is 13.8 Å². The average molecular weight is 312 g/mol. The highest BCUT2D eigenvalue weighted by Crippen LogP contribution is 2.20. The molecule has 0 fully saturated rings. The maximum absolute atomic E-state index is 11.8. The Morgan fingerprint density at radius 3 is 2.70 bits per heavy atom. The normalized spacial score (nSPS) is 13.9. The van der Waals surface area contributed by atoms with Gasteiger partial charge in [0.1, 0.15) is 0 Å². The minimum Gasteiger partial charge on any atom is -0.397 e. The Labute approximate surface area is 130 Å². The van der Waals surface area contributed by atoms with E-state index in [1.807, 2.05) is 44.2 Å². The quantitative estimate of drug-likeness (QED) is 0.246. The van der Waals surface area contributed by atoms with Crippen molar-refractivity contribution in [1.82, 2.24) is 5.23 Å². The van der Waals surface area contributed by atoms with Crippen molar-refractivity contribution in [3.63, 3.8) is 0 Å². The minimum atomic E-state index is -0.518. The number of nitrogens with one attached hydrogen (secondary N) is 1. The minimum absolute atomic E-state index is 0.179. The second kappa shape index (κ2) is 13.4. The molecule has 0 rings (SSSR count). The zero-order valence-corrected chi connectivity index (χ0v) is 13.7. The first-order chi connectivity index (χ1) is 9.65. The molecular formula is C13H23BN3OS2. The number of rotatable bonds is 10.